The molecule has 0 aromatic carbocycles. The molecule has 2 heterocycles. The molecule has 1 aliphatic heterocycles. The lowest BCUT2D eigenvalue weighted by Gasteiger charge is -2.16. The molecule has 0 bridgehead atoms. The molecule has 1 aliphatic rings. The number of hydrogen-bond acceptors (Lipinski definition) is 4. The Balaban J connectivity index is 1.85. The normalized spacial score (nSPS) is 19.5. The Bertz CT molecular complexity index is 486. The van der Waals surface area contributed by atoms with Gasteiger partial charge in [0.1, 0.15) is 0 Å². The van der Waals surface area contributed by atoms with Crippen molar-refractivity contribution in [2.24, 2.45) is 0 Å². The number of pyridine rings is 1. The fourth-order valence-electron chi connectivity index (χ4n) is 2.23. The minimum Gasteiger partial charge on any atom is -0.383 e. The highest BCUT2D eigenvalue weighted by atomic mass is 16.5. The van der Waals surface area contributed by atoms with Crippen LogP contribution in [-0.2, 0) is 4.74 Å². The Labute approximate surface area is 111 Å². The molecule has 0 aliphatic carbocycles. The van der Waals surface area contributed by atoms with Crippen LogP contribution < -0.4 is 10.9 Å². The van der Waals surface area contributed by atoms with Crippen molar-refractivity contribution in [1.82, 2.24) is 15.2 Å². The summed E-state index contributed by atoms with van der Waals surface area (Å²) < 4.78 is 5.04. The van der Waals surface area contributed by atoms with E-state index in [4.69, 9.17) is 4.74 Å². The van der Waals surface area contributed by atoms with Crippen molar-refractivity contribution >= 4 is 5.91 Å². The van der Waals surface area contributed by atoms with Gasteiger partial charge in [0.2, 0.25) is 5.56 Å². The van der Waals surface area contributed by atoms with E-state index < -0.39 is 0 Å². The number of ether oxygens (including phenoxy) is 1. The van der Waals surface area contributed by atoms with E-state index >= 15 is 0 Å². The zero-order valence-electron chi connectivity index (χ0n) is 11.0. The fourth-order valence-corrected chi connectivity index (χ4v) is 2.23. The van der Waals surface area contributed by atoms with Gasteiger partial charge in [-0.3, -0.25) is 14.5 Å². The summed E-state index contributed by atoms with van der Waals surface area (Å²) in [6.07, 6.45) is 2.41. The molecule has 1 aromatic rings. The van der Waals surface area contributed by atoms with Crippen molar-refractivity contribution in [3.05, 3.63) is 34.2 Å². The number of carbonyl (C=O) groups is 1. The van der Waals surface area contributed by atoms with Crippen LogP contribution in [0.4, 0.5) is 0 Å². The average molecular weight is 265 g/mol. The first-order valence-electron chi connectivity index (χ1n) is 6.40. The molecule has 1 saturated heterocycles. The summed E-state index contributed by atoms with van der Waals surface area (Å²) in [6.45, 7) is 3.38. The molecule has 1 unspecified atom stereocenters. The third-order valence-electron chi connectivity index (χ3n) is 3.26. The van der Waals surface area contributed by atoms with E-state index in [0.29, 0.717) is 12.2 Å². The van der Waals surface area contributed by atoms with Crippen LogP contribution in [0.3, 0.4) is 0 Å². The standard InChI is InChI=1S/C13H19N3O3/c1-19-7-6-16-5-3-11(9-16)15-13(18)10-2-4-14-12(17)8-10/h2,4,8,11H,3,5-7,9H2,1H3,(H,14,17)(H,15,18). The molecular formula is C13H19N3O3. The molecule has 0 spiro atoms. The maximum atomic E-state index is 12.0. The van der Waals surface area contributed by atoms with Crippen LogP contribution in [0.5, 0.6) is 0 Å². The van der Waals surface area contributed by atoms with E-state index in [2.05, 4.69) is 15.2 Å². The molecule has 104 valence electrons. The molecule has 0 radical (unpaired) electrons. The lowest BCUT2D eigenvalue weighted by molar-refractivity contribution is 0.0936. The van der Waals surface area contributed by atoms with Crippen LogP contribution in [-0.4, -0.2) is 55.2 Å². The van der Waals surface area contributed by atoms with Crippen LogP contribution >= 0.6 is 0 Å². The van der Waals surface area contributed by atoms with Crippen molar-refractivity contribution in [3.63, 3.8) is 0 Å². The van der Waals surface area contributed by atoms with E-state index in [9.17, 15) is 9.59 Å². The fraction of sp³-hybridized carbons (Fsp3) is 0.538. The third kappa shape index (κ3) is 3.90. The highest BCUT2D eigenvalue weighted by Crippen LogP contribution is 2.09. The van der Waals surface area contributed by atoms with Gasteiger partial charge in [-0.25, -0.2) is 0 Å². The summed E-state index contributed by atoms with van der Waals surface area (Å²) in [6, 6.07) is 3.06. The first kappa shape index (κ1) is 13.8. The van der Waals surface area contributed by atoms with Gasteiger partial charge in [-0.15, -0.1) is 0 Å². The number of nitrogens with zero attached hydrogens (tertiary/aromatic N) is 1. The number of amides is 1. The van der Waals surface area contributed by atoms with Crippen molar-refractivity contribution in [3.8, 4) is 0 Å². The third-order valence-corrected chi connectivity index (χ3v) is 3.26. The summed E-state index contributed by atoms with van der Waals surface area (Å²) in [5, 5.41) is 2.95. The van der Waals surface area contributed by atoms with E-state index in [-0.39, 0.29) is 17.5 Å². The molecule has 1 atom stereocenters. The molecule has 1 fully saturated rings. The Morgan fingerprint density at radius 1 is 1.63 bits per heavy atom. The molecule has 0 saturated carbocycles. The number of nitrogens with one attached hydrogen (secondary N) is 2. The first-order valence-corrected chi connectivity index (χ1v) is 6.40. The number of hydrogen-bond donors (Lipinski definition) is 2. The largest absolute Gasteiger partial charge is 0.383 e. The van der Waals surface area contributed by atoms with Gasteiger partial charge in [-0.1, -0.05) is 0 Å². The smallest absolute Gasteiger partial charge is 0.251 e. The summed E-state index contributed by atoms with van der Waals surface area (Å²) in [5.74, 6) is -0.190. The summed E-state index contributed by atoms with van der Waals surface area (Å²) >= 11 is 0. The van der Waals surface area contributed by atoms with E-state index in [0.717, 1.165) is 26.1 Å². The predicted octanol–water partition coefficient (Wildman–Crippen LogP) is -0.175. The lowest BCUT2D eigenvalue weighted by Crippen LogP contribution is -2.37. The molecule has 2 N–H and O–H groups in total. The van der Waals surface area contributed by atoms with Gasteiger partial charge in [0.05, 0.1) is 6.61 Å². The van der Waals surface area contributed by atoms with Gasteiger partial charge in [-0.05, 0) is 12.5 Å². The Morgan fingerprint density at radius 2 is 2.47 bits per heavy atom. The maximum absolute atomic E-state index is 12.0. The van der Waals surface area contributed by atoms with Gasteiger partial charge >= 0.3 is 0 Å². The second-order valence-corrected chi connectivity index (χ2v) is 4.69. The lowest BCUT2D eigenvalue weighted by atomic mass is 10.2. The summed E-state index contributed by atoms with van der Waals surface area (Å²) in [7, 11) is 1.68. The Kier molecular flexibility index (Phi) is 4.70. The quantitative estimate of drug-likeness (QED) is 0.775. The summed E-state index contributed by atoms with van der Waals surface area (Å²) in [5.41, 5.74) is 0.139. The molecule has 2 rings (SSSR count). The molecule has 1 amide bonds. The molecule has 19 heavy (non-hydrogen) atoms. The van der Waals surface area contributed by atoms with Crippen molar-refractivity contribution in [2.75, 3.05) is 33.4 Å². The van der Waals surface area contributed by atoms with Gasteiger partial charge < -0.3 is 15.0 Å². The van der Waals surface area contributed by atoms with Crippen LogP contribution in [0, 0.1) is 0 Å². The molecule has 1 aromatic heterocycles. The second-order valence-electron chi connectivity index (χ2n) is 4.69. The zero-order chi connectivity index (χ0) is 13.7. The number of H-pyrrole nitrogens is 1. The van der Waals surface area contributed by atoms with Crippen LogP contribution in [0.15, 0.2) is 23.1 Å². The minimum absolute atomic E-state index is 0.142. The molecule has 6 nitrogen and oxygen atoms in total. The number of likely N-dealkylation sites (tertiary alicyclic amines) is 1. The number of aromatic amines is 1. The Morgan fingerprint density at radius 3 is 3.21 bits per heavy atom. The van der Waals surface area contributed by atoms with Crippen molar-refractivity contribution in [1.29, 1.82) is 0 Å². The van der Waals surface area contributed by atoms with Gasteiger partial charge in [0.25, 0.3) is 5.91 Å². The first-order chi connectivity index (χ1) is 9.19. The topological polar surface area (TPSA) is 74.4 Å². The molecular weight excluding hydrogens is 246 g/mol. The second kappa shape index (κ2) is 6.49. The van der Waals surface area contributed by atoms with Gasteiger partial charge in [-0.2, -0.15) is 0 Å². The van der Waals surface area contributed by atoms with Crippen LogP contribution in [0.2, 0.25) is 0 Å². The highest BCUT2D eigenvalue weighted by molar-refractivity contribution is 5.94. The average Bonchev–Trinajstić information content (AvgIpc) is 2.84. The summed E-state index contributed by atoms with van der Waals surface area (Å²) in [4.78, 5) is 27.9. The maximum Gasteiger partial charge on any atom is 0.251 e. The predicted molar refractivity (Wildman–Crippen MR) is 71.2 cm³/mol. The monoisotopic (exact) mass is 265 g/mol. The molecule has 6 heteroatoms. The Hall–Kier alpha value is -1.66. The van der Waals surface area contributed by atoms with E-state index in [1.165, 1.54) is 12.3 Å². The van der Waals surface area contributed by atoms with E-state index in [1.54, 1.807) is 13.2 Å². The zero-order valence-corrected chi connectivity index (χ0v) is 11.0. The van der Waals surface area contributed by atoms with Crippen molar-refractivity contribution < 1.29 is 9.53 Å². The highest BCUT2D eigenvalue weighted by Gasteiger charge is 2.23. The van der Waals surface area contributed by atoms with Gasteiger partial charge in [0, 0.05) is 50.6 Å². The van der Waals surface area contributed by atoms with Crippen molar-refractivity contribution in [2.45, 2.75) is 12.5 Å². The number of carbonyl (C=O) groups excluding carboxylic acids is 1. The number of rotatable bonds is 5. The number of methoxy groups -OCH3 is 1. The van der Waals surface area contributed by atoms with Crippen LogP contribution in [0.25, 0.3) is 0 Å². The number of aromatic nitrogens is 1. The SMILES string of the molecule is COCCN1CCC(NC(=O)c2cc[nH]c(=O)c2)C1. The van der Waals surface area contributed by atoms with E-state index in [1.807, 2.05) is 0 Å². The van der Waals surface area contributed by atoms with Gasteiger partial charge in [0.15, 0.2) is 0 Å². The minimum atomic E-state index is -0.263. The van der Waals surface area contributed by atoms with Crippen LogP contribution in [0.1, 0.15) is 16.8 Å².